The molecule has 1 N–H and O–H groups in total. The molecule has 6 heteroatoms. The van der Waals surface area contributed by atoms with Gasteiger partial charge in [0.05, 0.1) is 22.6 Å². The Morgan fingerprint density at radius 3 is 1.98 bits per heavy atom. The van der Waals surface area contributed by atoms with Gasteiger partial charge in [0.15, 0.2) is 11.6 Å². The molecule has 0 radical (unpaired) electrons. The van der Waals surface area contributed by atoms with Gasteiger partial charge in [-0.25, -0.2) is 4.98 Å². The summed E-state index contributed by atoms with van der Waals surface area (Å²) in [6.45, 7) is 16.0. The van der Waals surface area contributed by atoms with E-state index in [-0.39, 0.29) is 37.6 Å². The van der Waals surface area contributed by atoms with E-state index in [1.165, 1.54) is 16.7 Å². The number of phenols is 1. The van der Waals surface area contributed by atoms with Crippen molar-refractivity contribution in [3.8, 4) is 56.3 Å². The Balaban J connectivity index is 0.00000462. The van der Waals surface area contributed by atoms with Crippen molar-refractivity contribution < 1.29 is 26.2 Å². The number of hydrogen-bond acceptors (Lipinski definition) is 4. The number of aromatic nitrogens is 3. The molecule has 300 valence electrons. The quantitative estimate of drug-likeness (QED) is 0.175. The van der Waals surface area contributed by atoms with Crippen LogP contribution in [0.5, 0.6) is 5.75 Å². The Hall–Kier alpha value is -6.03. The second kappa shape index (κ2) is 14.3. The van der Waals surface area contributed by atoms with E-state index in [9.17, 15) is 5.11 Å². The average molecular weight is 963 g/mol. The predicted molar refractivity (Wildman–Crippen MR) is 241 cm³/mol. The summed E-state index contributed by atoms with van der Waals surface area (Å²) in [5, 5.41) is 11.6. The first-order valence-electron chi connectivity index (χ1n) is 20.5. The largest absolute Gasteiger partial charge is 0.507 e. The molecule has 60 heavy (non-hydrogen) atoms. The van der Waals surface area contributed by atoms with Gasteiger partial charge in [-0.1, -0.05) is 143 Å². The van der Waals surface area contributed by atoms with Crippen molar-refractivity contribution in [3.63, 3.8) is 0 Å². The Labute approximate surface area is 367 Å². The average Bonchev–Trinajstić information content (AvgIpc) is 3.65. The van der Waals surface area contributed by atoms with Gasteiger partial charge in [-0.15, -0.1) is 23.8 Å². The Bertz CT molecular complexity index is 2940. The van der Waals surface area contributed by atoms with Gasteiger partial charge in [-0.3, -0.25) is 4.57 Å². The van der Waals surface area contributed by atoms with Gasteiger partial charge in [-0.05, 0) is 99.8 Å². The number of anilines is 3. The fraction of sp³-hybridized carbons (Fsp3) is 0.185. The molecular weight excluding hydrogens is 916 g/mol. The fourth-order valence-electron chi connectivity index (χ4n) is 9.34. The zero-order chi connectivity index (χ0) is 40.8. The first kappa shape index (κ1) is 39.4. The number of pyridine rings is 1. The number of hydrogen-bond donors (Lipinski definition) is 1. The molecular formula is C54H47N4OPt-. The summed E-state index contributed by atoms with van der Waals surface area (Å²) in [5.41, 5.74) is 15.0. The Morgan fingerprint density at radius 1 is 0.617 bits per heavy atom. The van der Waals surface area contributed by atoms with Gasteiger partial charge in [0.2, 0.25) is 0 Å². The number of nitrogens with zero attached hydrogens (tertiary/aromatic N) is 4. The molecule has 0 fully saturated rings. The fourth-order valence-corrected chi connectivity index (χ4v) is 9.34. The van der Waals surface area contributed by atoms with E-state index in [0.717, 1.165) is 67.6 Å². The summed E-state index contributed by atoms with van der Waals surface area (Å²) >= 11 is 0. The topological polar surface area (TPSA) is 54.2 Å². The van der Waals surface area contributed by atoms with Crippen LogP contribution in [0.25, 0.3) is 50.6 Å². The molecule has 10 rings (SSSR count). The van der Waals surface area contributed by atoms with Crippen LogP contribution in [0.2, 0.25) is 0 Å². The van der Waals surface area contributed by atoms with E-state index in [0.29, 0.717) is 11.4 Å². The predicted octanol–water partition coefficient (Wildman–Crippen LogP) is 13.5. The van der Waals surface area contributed by atoms with E-state index < -0.39 is 5.41 Å². The number of imidazole rings is 1. The van der Waals surface area contributed by atoms with Crippen LogP contribution in [-0.2, 0) is 37.3 Å². The summed E-state index contributed by atoms with van der Waals surface area (Å²) in [6.07, 6.45) is 1.89. The molecule has 0 aliphatic carbocycles. The molecule has 2 aromatic heterocycles. The number of fused-ring (bicyclic) bond motifs is 4. The third-order valence-electron chi connectivity index (χ3n) is 12.6. The van der Waals surface area contributed by atoms with E-state index in [1.54, 1.807) is 6.07 Å². The van der Waals surface area contributed by atoms with Crippen LogP contribution in [0.1, 0.15) is 76.4 Å². The molecule has 0 bridgehead atoms. The zero-order valence-corrected chi connectivity index (χ0v) is 37.3. The van der Waals surface area contributed by atoms with Crippen molar-refractivity contribution in [2.24, 2.45) is 0 Å². The smallest absolute Gasteiger partial charge is 0.159 e. The van der Waals surface area contributed by atoms with Gasteiger partial charge in [0.1, 0.15) is 5.75 Å². The van der Waals surface area contributed by atoms with Crippen molar-refractivity contribution >= 4 is 17.2 Å². The monoisotopic (exact) mass is 962 g/mol. The minimum atomic E-state index is -0.514. The first-order valence-corrected chi connectivity index (χ1v) is 20.5. The Morgan fingerprint density at radius 2 is 1.28 bits per heavy atom. The molecule has 4 heterocycles. The SMILES string of the molecule is CC(C)(C)c1ccc(-n2c(-c3ccccc3O)nc3c2C(C)(C)c2cccc4c2N3c2[c-]c(-c3cc(-c5ccccc5)ccn3)ccc2C4(C)C)c(-c2ccccc2)c1.[Pt]. The van der Waals surface area contributed by atoms with Gasteiger partial charge in [-0.2, -0.15) is 0 Å². The van der Waals surface area contributed by atoms with E-state index in [4.69, 9.17) is 9.97 Å². The molecule has 0 saturated heterocycles. The molecule has 0 spiro atoms. The van der Waals surface area contributed by atoms with Crippen molar-refractivity contribution in [1.29, 1.82) is 0 Å². The van der Waals surface area contributed by atoms with Crippen LogP contribution in [0, 0.1) is 6.07 Å². The molecule has 6 aromatic carbocycles. The first-order chi connectivity index (χ1) is 28.3. The van der Waals surface area contributed by atoms with Crippen molar-refractivity contribution in [2.45, 2.75) is 64.7 Å². The molecule has 2 aliphatic heterocycles. The number of para-hydroxylation sites is 2. The zero-order valence-electron chi connectivity index (χ0n) is 35.0. The van der Waals surface area contributed by atoms with E-state index in [1.807, 2.05) is 30.5 Å². The van der Waals surface area contributed by atoms with Crippen LogP contribution in [-0.4, -0.2) is 19.6 Å². The molecule has 0 atom stereocenters. The standard InChI is InChI=1S/C54H47N4O.Pt/c1-52(2,3)38-26-28-45(40(33-38)35-19-12-9-13-20-35)58-49-51(56-50(58)39-21-14-15-24-47(39)59)57-46-32-37(44-31-36(29-30-55-44)34-17-10-8-11-18-34)25-27-41(46)53(4,5)42-22-16-23-43(48(42)57)54(49,6)7;/h8-31,33,59H,1-7H3;/q-1;. The van der Waals surface area contributed by atoms with Crippen molar-refractivity contribution in [1.82, 2.24) is 14.5 Å². The van der Waals surface area contributed by atoms with Gasteiger partial charge >= 0.3 is 0 Å². The van der Waals surface area contributed by atoms with E-state index >= 15 is 0 Å². The van der Waals surface area contributed by atoms with Crippen LogP contribution in [0.4, 0.5) is 17.2 Å². The van der Waals surface area contributed by atoms with Crippen LogP contribution in [0.15, 0.2) is 152 Å². The molecule has 2 aliphatic rings. The normalized spacial score (nSPS) is 14.4. The number of aromatic hydroxyl groups is 1. The van der Waals surface area contributed by atoms with Crippen LogP contribution >= 0.6 is 0 Å². The van der Waals surface area contributed by atoms with E-state index in [2.05, 4.69) is 179 Å². The van der Waals surface area contributed by atoms with Crippen LogP contribution in [0.3, 0.4) is 0 Å². The summed E-state index contributed by atoms with van der Waals surface area (Å²) in [5.74, 6) is 1.68. The minimum Gasteiger partial charge on any atom is -0.507 e. The second-order valence-electron chi connectivity index (χ2n) is 18.0. The maximum atomic E-state index is 11.6. The Kier molecular flexibility index (Phi) is 9.41. The summed E-state index contributed by atoms with van der Waals surface area (Å²) in [4.78, 5) is 12.9. The third-order valence-corrected chi connectivity index (χ3v) is 12.6. The van der Waals surface area contributed by atoms with Gasteiger partial charge in [0.25, 0.3) is 0 Å². The van der Waals surface area contributed by atoms with Crippen LogP contribution < -0.4 is 4.90 Å². The number of rotatable bonds is 5. The van der Waals surface area contributed by atoms with Crippen molar-refractivity contribution in [2.75, 3.05) is 4.90 Å². The van der Waals surface area contributed by atoms with Gasteiger partial charge in [0, 0.05) is 38.2 Å². The molecule has 0 saturated carbocycles. The summed E-state index contributed by atoms with van der Waals surface area (Å²) in [7, 11) is 0. The number of phenolic OH excluding ortho intramolecular Hbond substituents is 1. The minimum absolute atomic E-state index is 0. The molecule has 5 nitrogen and oxygen atoms in total. The number of benzene rings is 6. The van der Waals surface area contributed by atoms with Crippen molar-refractivity contribution in [3.05, 3.63) is 186 Å². The molecule has 8 aromatic rings. The maximum Gasteiger partial charge on any atom is 0.159 e. The summed E-state index contributed by atoms with van der Waals surface area (Å²) in [6, 6.07) is 54.8. The second-order valence-corrected chi connectivity index (χ2v) is 18.0. The third kappa shape index (κ3) is 6.08. The molecule has 0 unspecified atom stereocenters. The molecule has 0 amide bonds. The van der Waals surface area contributed by atoms with Gasteiger partial charge < -0.3 is 15.0 Å². The maximum absolute atomic E-state index is 11.6. The summed E-state index contributed by atoms with van der Waals surface area (Å²) < 4.78 is 2.32.